The van der Waals surface area contributed by atoms with Gasteiger partial charge in [-0.25, -0.2) is 4.79 Å². The lowest BCUT2D eigenvalue weighted by Crippen LogP contribution is -2.18. The van der Waals surface area contributed by atoms with Crippen LogP contribution in [0.5, 0.6) is 5.75 Å². The van der Waals surface area contributed by atoms with Crippen molar-refractivity contribution in [3.05, 3.63) is 23.8 Å². The second-order valence-electron chi connectivity index (χ2n) is 4.19. The van der Waals surface area contributed by atoms with E-state index in [0.29, 0.717) is 17.0 Å². The van der Waals surface area contributed by atoms with Gasteiger partial charge < -0.3 is 19.9 Å². The number of carbonyl (C=O) groups is 1. The van der Waals surface area contributed by atoms with Crippen LogP contribution in [-0.2, 0) is 9.47 Å². The van der Waals surface area contributed by atoms with Crippen molar-refractivity contribution in [2.45, 2.75) is 18.9 Å². The van der Waals surface area contributed by atoms with Crippen molar-refractivity contribution in [2.75, 3.05) is 26.1 Å². The highest BCUT2D eigenvalue weighted by Crippen LogP contribution is 2.22. The number of nitrogens with two attached hydrogens (primary N) is 1. The summed E-state index contributed by atoms with van der Waals surface area (Å²) in [4.78, 5) is 11.9. The summed E-state index contributed by atoms with van der Waals surface area (Å²) in [6.45, 7) is 1.03. The van der Waals surface area contributed by atoms with Gasteiger partial charge in [-0.3, -0.25) is 0 Å². The number of hydrogen-bond donors (Lipinski definition) is 1. The zero-order chi connectivity index (χ0) is 13.0. The molecule has 1 aliphatic rings. The Labute approximate surface area is 106 Å². The van der Waals surface area contributed by atoms with Crippen molar-refractivity contribution < 1.29 is 19.0 Å². The Bertz CT molecular complexity index is 427. The zero-order valence-electron chi connectivity index (χ0n) is 10.3. The molecule has 5 nitrogen and oxygen atoms in total. The van der Waals surface area contributed by atoms with Crippen LogP contribution in [-0.4, -0.2) is 32.4 Å². The summed E-state index contributed by atoms with van der Waals surface area (Å²) in [7, 11) is 1.49. The molecular formula is C13H17NO4. The fraction of sp³-hybridized carbons (Fsp3) is 0.462. The molecule has 1 unspecified atom stereocenters. The Morgan fingerprint density at radius 2 is 2.39 bits per heavy atom. The van der Waals surface area contributed by atoms with E-state index in [1.165, 1.54) is 7.11 Å². The second-order valence-corrected chi connectivity index (χ2v) is 4.19. The first-order valence-electron chi connectivity index (χ1n) is 5.93. The molecule has 1 fully saturated rings. The Hall–Kier alpha value is -1.75. The predicted octanol–water partition coefficient (Wildman–Crippen LogP) is 1.61. The van der Waals surface area contributed by atoms with Crippen LogP contribution in [0.25, 0.3) is 0 Å². The molecule has 1 aliphatic heterocycles. The van der Waals surface area contributed by atoms with Crippen molar-refractivity contribution >= 4 is 11.7 Å². The SMILES string of the molecule is COc1cc(N)ccc1C(=O)OCC1CCCO1. The number of methoxy groups -OCH3 is 1. The van der Waals surface area contributed by atoms with Gasteiger partial charge in [-0.2, -0.15) is 0 Å². The molecule has 0 spiro atoms. The molecule has 18 heavy (non-hydrogen) atoms. The van der Waals surface area contributed by atoms with Crippen molar-refractivity contribution in [3.8, 4) is 5.75 Å². The fourth-order valence-corrected chi connectivity index (χ4v) is 1.90. The molecule has 2 rings (SSSR count). The molecule has 1 saturated heterocycles. The lowest BCUT2D eigenvalue weighted by Gasteiger charge is -2.12. The number of rotatable bonds is 4. The van der Waals surface area contributed by atoms with Crippen LogP contribution < -0.4 is 10.5 Å². The molecule has 5 heteroatoms. The van der Waals surface area contributed by atoms with E-state index >= 15 is 0 Å². The summed E-state index contributed by atoms with van der Waals surface area (Å²) in [5, 5.41) is 0. The maximum absolute atomic E-state index is 11.9. The minimum Gasteiger partial charge on any atom is -0.496 e. The van der Waals surface area contributed by atoms with E-state index in [2.05, 4.69) is 0 Å². The lowest BCUT2D eigenvalue weighted by molar-refractivity contribution is 0.0159. The molecule has 0 aliphatic carbocycles. The summed E-state index contributed by atoms with van der Waals surface area (Å²) in [5.41, 5.74) is 6.55. The smallest absolute Gasteiger partial charge is 0.342 e. The van der Waals surface area contributed by atoms with Crippen LogP contribution >= 0.6 is 0 Å². The summed E-state index contributed by atoms with van der Waals surface area (Å²) >= 11 is 0. The Morgan fingerprint density at radius 1 is 1.56 bits per heavy atom. The monoisotopic (exact) mass is 251 g/mol. The first kappa shape index (κ1) is 12.7. The third-order valence-corrected chi connectivity index (χ3v) is 2.87. The Morgan fingerprint density at radius 3 is 3.06 bits per heavy atom. The van der Waals surface area contributed by atoms with Gasteiger partial charge in [0.05, 0.1) is 13.2 Å². The third-order valence-electron chi connectivity index (χ3n) is 2.87. The summed E-state index contributed by atoms with van der Waals surface area (Å²) in [5.74, 6) is 0.00897. The highest BCUT2D eigenvalue weighted by atomic mass is 16.6. The standard InChI is InChI=1S/C13H17NO4/c1-16-12-7-9(14)4-5-11(12)13(15)18-8-10-3-2-6-17-10/h4-5,7,10H,2-3,6,8,14H2,1H3. The average Bonchev–Trinajstić information content (AvgIpc) is 2.88. The van der Waals surface area contributed by atoms with Crippen LogP contribution in [0, 0.1) is 0 Å². The highest BCUT2D eigenvalue weighted by molar-refractivity contribution is 5.93. The molecule has 1 aromatic rings. The van der Waals surface area contributed by atoms with Crippen LogP contribution in [0.2, 0.25) is 0 Å². The first-order valence-corrected chi connectivity index (χ1v) is 5.93. The van der Waals surface area contributed by atoms with Crippen LogP contribution in [0.4, 0.5) is 5.69 Å². The molecule has 2 N–H and O–H groups in total. The molecule has 1 aromatic carbocycles. The van der Waals surface area contributed by atoms with Crippen molar-refractivity contribution in [1.29, 1.82) is 0 Å². The van der Waals surface area contributed by atoms with E-state index in [1.54, 1.807) is 18.2 Å². The molecule has 1 heterocycles. The van der Waals surface area contributed by atoms with E-state index in [4.69, 9.17) is 19.9 Å². The second kappa shape index (κ2) is 5.73. The van der Waals surface area contributed by atoms with E-state index < -0.39 is 5.97 Å². The Balaban J connectivity index is 1.99. The number of esters is 1. The largest absolute Gasteiger partial charge is 0.496 e. The van der Waals surface area contributed by atoms with Crippen molar-refractivity contribution in [3.63, 3.8) is 0 Å². The van der Waals surface area contributed by atoms with E-state index in [9.17, 15) is 4.79 Å². The van der Waals surface area contributed by atoms with Gasteiger partial charge in [-0.05, 0) is 25.0 Å². The van der Waals surface area contributed by atoms with Gasteiger partial charge in [0.25, 0.3) is 0 Å². The number of nitrogen functional groups attached to an aromatic ring is 1. The number of hydrogen-bond acceptors (Lipinski definition) is 5. The lowest BCUT2D eigenvalue weighted by atomic mass is 10.2. The van der Waals surface area contributed by atoms with Gasteiger partial charge in [-0.15, -0.1) is 0 Å². The van der Waals surface area contributed by atoms with Crippen molar-refractivity contribution in [1.82, 2.24) is 0 Å². The molecule has 0 bridgehead atoms. The average molecular weight is 251 g/mol. The normalized spacial score (nSPS) is 18.6. The third kappa shape index (κ3) is 2.92. The molecule has 1 atom stereocenters. The summed E-state index contributed by atoms with van der Waals surface area (Å²) in [6.07, 6.45) is 1.98. The maximum Gasteiger partial charge on any atom is 0.342 e. The zero-order valence-corrected chi connectivity index (χ0v) is 10.3. The number of benzene rings is 1. The first-order chi connectivity index (χ1) is 8.70. The minimum absolute atomic E-state index is 0.0220. The molecule has 98 valence electrons. The molecular weight excluding hydrogens is 234 g/mol. The summed E-state index contributed by atoms with van der Waals surface area (Å²) in [6, 6.07) is 4.85. The van der Waals surface area contributed by atoms with Gasteiger partial charge in [-0.1, -0.05) is 0 Å². The number of carbonyl (C=O) groups excluding carboxylic acids is 1. The molecule has 0 amide bonds. The van der Waals surface area contributed by atoms with Crippen LogP contribution in [0.15, 0.2) is 18.2 Å². The Kier molecular flexibility index (Phi) is 4.04. The molecule has 0 aromatic heterocycles. The summed E-state index contributed by atoms with van der Waals surface area (Å²) < 4.78 is 15.7. The van der Waals surface area contributed by atoms with Gasteiger partial charge in [0.1, 0.15) is 17.9 Å². The van der Waals surface area contributed by atoms with E-state index in [1.807, 2.05) is 0 Å². The topological polar surface area (TPSA) is 70.8 Å². The number of anilines is 1. The maximum atomic E-state index is 11.9. The number of ether oxygens (including phenoxy) is 3. The van der Waals surface area contributed by atoms with Gasteiger partial charge in [0.15, 0.2) is 0 Å². The van der Waals surface area contributed by atoms with Crippen molar-refractivity contribution in [2.24, 2.45) is 0 Å². The fourth-order valence-electron chi connectivity index (χ4n) is 1.90. The predicted molar refractivity (Wildman–Crippen MR) is 66.7 cm³/mol. The quantitative estimate of drug-likeness (QED) is 0.650. The van der Waals surface area contributed by atoms with E-state index in [0.717, 1.165) is 19.4 Å². The molecule has 0 radical (unpaired) electrons. The highest BCUT2D eigenvalue weighted by Gasteiger charge is 2.19. The van der Waals surface area contributed by atoms with E-state index in [-0.39, 0.29) is 12.7 Å². The molecule has 0 saturated carbocycles. The van der Waals surface area contributed by atoms with Gasteiger partial charge >= 0.3 is 5.97 Å². The van der Waals surface area contributed by atoms with Gasteiger partial charge in [0, 0.05) is 18.4 Å². The van der Waals surface area contributed by atoms with Gasteiger partial charge in [0.2, 0.25) is 0 Å². The van der Waals surface area contributed by atoms with Crippen LogP contribution in [0.3, 0.4) is 0 Å². The minimum atomic E-state index is -0.414. The van der Waals surface area contributed by atoms with Crippen LogP contribution in [0.1, 0.15) is 23.2 Å².